The minimum Gasteiger partial charge on any atom is -0.497 e. The predicted octanol–water partition coefficient (Wildman–Crippen LogP) is 2.57. The first-order chi connectivity index (χ1) is 14.5. The minimum absolute atomic E-state index is 0.140. The molecule has 2 aromatic heterocycles. The van der Waals surface area contributed by atoms with Crippen molar-refractivity contribution in [2.75, 3.05) is 12.4 Å². The lowest BCUT2D eigenvalue weighted by Crippen LogP contribution is -2.35. The molecule has 2 heterocycles. The number of aryl methyl sites for hydroxylation is 3. The maximum Gasteiger partial charge on any atom is 0.258 e. The van der Waals surface area contributed by atoms with Crippen molar-refractivity contribution >= 4 is 11.6 Å². The molecule has 1 aliphatic rings. The lowest BCUT2D eigenvalue weighted by Gasteiger charge is -2.20. The molecule has 0 fully saturated rings. The average Bonchev–Trinajstić information content (AvgIpc) is 3.08. The zero-order valence-electron chi connectivity index (χ0n) is 17.4. The van der Waals surface area contributed by atoms with Gasteiger partial charge in [-0.2, -0.15) is 5.10 Å². The maximum atomic E-state index is 13.3. The molecule has 3 aromatic rings. The molecule has 1 amide bonds. The largest absolute Gasteiger partial charge is 0.497 e. The van der Waals surface area contributed by atoms with Crippen molar-refractivity contribution in [3.8, 4) is 11.7 Å². The smallest absolute Gasteiger partial charge is 0.258 e. The van der Waals surface area contributed by atoms with Gasteiger partial charge in [0, 0.05) is 16.9 Å². The van der Waals surface area contributed by atoms with Crippen LogP contribution in [0.3, 0.4) is 0 Å². The average molecular weight is 407 g/mol. The third-order valence-electron chi connectivity index (χ3n) is 5.29. The Labute approximate surface area is 174 Å². The number of benzene rings is 1. The van der Waals surface area contributed by atoms with E-state index in [-0.39, 0.29) is 18.0 Å². The van der Waals surface area contributed by atoms with Crippen LogP contribution < -0.4 is 15.6 Å². The van der Waals surface area contributed by atoms with Gasteiger partial charge in [0.2, 0.25) is 11.9 Å². The Hall–Kier alpha value is -3.42. The highest BCUT2D eigenvalue weighted by Gasteiger charge is 2.22. The van der Waals surface area contributed by atoms with E-state index in [0.717, 1.165) is 36.3 Å². The van der Waals surface area contributed by atoms with E-state index in [1.165, 1.54) is 4.57 Å². The van der Waals surface area contributed by atoms with Gasteiger partial charge in [-0.15, -0.1) is 0 Å². The molecule has 8 nitrogen and oxygen atoms in total. The summed E-state index contributed by atoms with van der Waals surface area (Å²) >= 11 is 0. The summed E-state index contributed by atoms with van der Waals surface area (Å²) < 4.78 is 8.22. The molecule has 4 rings (SSSR count). The second kappa shape index (κ2) is 8.14. The molecule has 156 valence electrons. The van der Waals surface area contributed by atoms with Crippen molar-refractivity contribution in [3.63, 3.8) is 0 Å². The number of aromatic nitrogens is 4. The summed E-state index contributed by atoms with van der Waals surface area (Å²) in [4.78, 5) is 30.8. The Kier molecular flexibility index (Phi) is 5.39. The van der Waals surface area contributed by atoms with E-state index in [0.29, 0.717) is 29.4 Å². The number of nitrogens with zero attached hydrogens (tertiary/aromatic N) is 4. The number of amides is 1. The monoisotopic (exact) mass is 407 g/mol. The number of carbonyl (C=O) groups is 1. The lowest BCUT2D eigenvalue weighted by atomic mass is 9.97. The van der Waals surface area contributed by atoms with Gasteiger partial charge in [-0.3, -0.25) is 14.2 Å². The van der Waals surface area contributed by atoms with E-state index in [9.17, 15) is 9.59 Å². The van der Waals surface area contributed by atoms with Gasteiger partial charge in [-0.25, -0.2) is 9.67 Å². The Morgan fingerprint density at radius 1 is 1.17 bits per heavy atom. The molecule has 0 saturated heterocycles. The van der Waals surface area contributed by atoms with Crippen molar-refractivity contribution < 1.29 is 9.53 Å². The third-order valence-corrected chi connectivity index (χ3v) is 5.29. The molecule has 1 N–H and O–H groups in total. The first kappa shape index (κ1) is 19.9. The van der Waals surface area contributed by atoms with Gasteiger partial charge >= 0.3 is 0 Å². The maximum absolute atomic E-state index is 13.3. The van der Waals surface area contributed by atoms with Crippen LogP contribution in [0.5, 0.6) is 5.75 Å². The molecule has 1 aromatic carbocycles. The Morgan fingerprint density at radius 3 is 2.57 bits per heavy atom. The van der Waals surface area contributed by atoms with Crippen molar-refractivity contribution in [2.45, 2.75) is 46.1 Å². The molecule has 1 aliphatic carbocycles. The van der Waals surface area contributed by atoms with E-state index < -0.39 is 0 Å². The van der Waals surface area contributed by atoms with Crippen LogP contribution >= 0.6 is 0 Å². The molecular weight excluding hydrogens is 382 g/mol. The minimum atomic E-state index is -0.303. The lowest BCUT2D eigenvalue weighted by molar-refractivity contribution is -0.116. The number of nitrogens with one attached hydrogen (secondary N) is 1. The predicted molar refractivity (Wildman–Crippen MR) is 113 cm³/mol. The number of rotatable bonds is 5. The first-order valence-electron chi connectivity index (χ1n) is 10.1. The molecule has 0 spiro atoms. The summed E-state index contributed by atoms with van der Waals surface area (Å²) in [7, 11) is 1.59. The molecule has 30 heavy (non-hydrogen) atoms. The van der Waals surface area contributed by atoms with Crippen LogP contribution in [0.25, 0.3) is 5.95 Å². The molecule has 0 aliphatic heterocycles. The van der Waals surface area contributed by atoms with Crippen LogP contribution in [0.1, 0.15) is 35.5 Å². The summed E-state index contributed by atoms with van der Waals surface area (Å²) in [5.74, 6) is 0.786. The molecule has 0 radical (unpaired) electrons. The summed E-state index contributed by atoms with van der Waals surface area (Å²) in [6.07, 6.45) is 3.44. The van der Waals surface area contributed by atoms with E-state index >= 15 is 0 Å². The van der Waals surface area contributed by atoms with Crippen molar-refractivity contribution in [1.29, 1.82) is 0 Å². The highest BCUT2D eigenvalue weighted by molar-refractivity contribution is 5.90. The van der Waals surface area contributed by atoms with Gasteiger partial charge < -0.3 is 10.1 Å². The number of fused-ring (bicyclic) bond motifs is 1. The number of ether oxygens (including phenoxy) is 1. The van der Waals surface area contributed by atoms with E-state index in [2.05, 4.69) is 10.4 Å². The summed E-state index contributed by atoms with van der Waals surface area (Å²) in [5, 5.41) is 7.33. The molecular formula is C22H25N5O3. The summed E-state index contributed by atoms with van der Waals surface area (Å²) in [5.41, 5.74) is 3.69. The SMILES string of the molecule is COc1ccc(NC(=O)Cn2c(-n3nc(C)cc3C)nc3c(c2=O)CCCC3)cc1. The Morgan fingerprint density at radius 2 is 1.90 bits per heavy atom. The fraction of sp³-hybridized carbons (Fsp3) is 0.364. The van der Waals surface area contributed by atoms with Crippen LogP contribution in [0.15, 0.2) is 35.1 Å². The van der Waals surface area contributed by atoms with E-state index in [1.54, 1.807) is 36.1 Å². The van der Waals surface area contributed by atoms with Crippen LogP contribution in [0, 0.1) is 13.8 Å². The standard InChI is InChI=1S/C22H25N5O3/c1-14-12-15(2)27(25-14)22-24-19-7-5-4-6-18(19)21(29)26(22)13-20(28)23-16-8-10-17(30-3)11-9-16/h8-12H,4-7,13H2,1-3H3,(H,23,28). The number of hydrogen-bond acceptors (Lipinski definition) is 5. The zero-order valence-corrected chi connectivity index (χ0v) is 17.4. The molecule has 0 unspecified atom stereocenters. The fourth-order valence-electron chi connectivity index (χ4n) is 3.83. The van der Waals surface area contributed by atoms with Gasteiger partial charge in [-0.1, -0.05) is 0 Å². The first-order valence-corrected chi connectivity index (χ1v) is 10.1. The van der Waals surface area contributed by atoms with E-state index in [4.69, 9.17) is 9.72 Å². The van der Waals surface area contributed by atoms with Crippen molar-refractivity contribution in [3.05, 3.63) is 63.3 Å². The summed E-state index contributed by atoms with van der Waals surface area (Å²) in [6.45, 7) is 3.66. The van der Waals surface area contributed by atoms with Gasteiger partial charge in [0.05, 0.1) is 18.5 Å². The second-order valence-electron chi connectivity index (χ2n) is 7.55. The molecule has 0 bridgehead atoms. The number of carbonyl (C=O) groups excluding carboxylic acids is 1. The van der Waals surface area contributed by atoms with Gasteiger partial charge in [0.15, 0.2) is 0 Å². The van der Waals surface area contributed by atoms with Gasteiger partial charge in [-0.05, 0) is 69.9 Å². The zero-order chi connectivity index (χ0) is 21.3. The second-order valence-corrected chi connectivity index (χ2v) is 7.55. The molecule has 0 saturated carbocycles. The number of methoxy groups -OCH3 is 1. The molecule has 0 atom stereocenters. The van der Waals surface area contributed by atoms with Gasteiger partial charge in [0.25, 0.3) is 5.56 Å². The topological polar surface area (TPSA) is 91.0 Å². The van der Waals surface area contributed by atoms with Gasteiger partial charge in [0.1, 0.15) is 12.3 Å². The Bertz CT molecular complexity index is 1140. The van der Waals surface area contributed by atoms with Crippen LogP contribution in [0.4, 0.5) is 5.69 Å². The molecule has 8 heteroatoms. The number of hydrogen-bond donors (Lipinski definition) is 1. The normalized spacial score (nSPS) is 13.0. The number of anilines is 1. The van der Waals surface area contributed by atoms with Crippen LogP contribution in [0.2, 0.25) is 0 Å². The van der Waals surface area contributed by atoms with Crippen molar-refractivity contribution in [2.24, 2.45) is 0 Å². The third kappa shape index (κ3) is 3.85. The van der Waals surface area contributed by atoms with Crippen molar-refractivity contribution in [1.82, 2.24) is 19.3 Å². The highest BCUT2D eigenvalue weighted by atomic mass is 16.5. The van der Waals surface area contributed by atoms with Crippen LogP contribution in [-0.4, -0.2) is 32.3 Å². The van der Waals surface area contributed by atoms with Crippen LogP contribution in [-0.2, 0) is 24.2 Å². The Balaban J connectivity index is 1.71. The highest BCUT2D eigenvalue weighted by Crippen LogP contribution is 2.19. The quantitative estimate of drug-likeness (QED) is 0.702. The summed E-state index contributed by atoms with van der Waals surface area (Å²) in [6, 6.07) is 8.97. The van der Waals surface area contributed by atoms with E-state index in [1.807, 2.05) is 19.9 Å². The fourth-order valence-corrected chi connectivity index (χ4v) is 3.83.